The molecule has 8 heteroatoms. The topological polar surface area (TPSA) is 125 Å². The number of nitrogens with zero attached hydrogens (tertiary/aromatic N) is 1. The van der Waals surface area contributed by atoms with E-state index in [9.17, 15) is 19.7 Å². The molecule has 0 saturated carbocycles. The molecule has 26 heavy (non-hydrogen) atoms. The van der Waals surface area contributed by atoms with Crippen molar-refractivity contribution in [3.63, 3.8) is 0 Å². The zero-order valence-corrected chi connectivity index (χ0v) is 13.8. The second-order valence-corrected chi connectivity index (χ2v) is 5.23. The van der Waals surface area contributed by atoms with E-state index >= 15 is 0 Å². The summed E-state index contributed by atoms with van der Waals surface area (Å²) in [4.78, 5) is 32.9. The molecule has 134 valence electrons. The van der Waals surface area contributed by atoms with Crippen LogP contribution < -0.4 is 15.8 Å². The van der Waals surface area contributed by atoms with Gasteiger partial charge in [-0.15, -0.1) is 0 Å². The fourth-order valence-electron chi connectivity index (χ4n) is 2.01. The van der Waals surface area contributed by atoms with Crippen molar-refractivity contribution in [1.29, 1.82) is 0 Å². The number of para-hydroxylation sites is 2. The van der Waals surface area contributed by atoms with E-state index in [4.69, 9.17) is 10.5 Å². The predicted molar refractivity (Wildman–Crippen MR) is 96.5 cm³/mol. The maximum Gasteiger partial charge on any atom is 0.269 e. The molecule has 8 nitrogen and oxygen atoms in total. The number of anilines is 1. The van der Waals surface area contributed by atoms with Gasteiger partial charge in [0.05, 0.1) is 23.6 Å². The van der Waals surface area contributed by atoms with Crippen molar-refractivity contribution >= 4 is 29.3 Å². The number of nitrogens with two attached hydrogens (primary N) is 1. The third kappa shape index (κ3) is 5.75. The van der Waals surface area contributed by atoms with Crippen LogP contribution >= 0.6 is 0 Å². The van der Waals surface area contributed by atoms with Gasteiger partial charge in [0, 0.05) is 18.2 Å². The van der Waals surface area contributed by atoms with E-state index in [-0.39, 0.29) is 18.7 Å². The minimum atomic E-state index is -0.491. The zero-order chi connectivity index (χ0) is 18.9. The lowest BCUT2D eigenvalue weighted by Crippen LogP contribution is -2.15. The number of primary amides is 1. The summed E-state index contributed by atoms with van der Waals surface area (Å²) in [5.74, 6) is -0.447. The highest BCUT2D eigenvalue weighted by molar-refractivity contribution is 6.02. The Kier molecular flexibility index (Phi) is 6.44. The number of non-ortho nitro benzene ring substituents is 1. The van der Waals surface area contributed by atoms with E-state index in [0.717, 1.165) is 0 Å². The quantitative estimate of drug-likeness (QED) is 0.427. The third-order valence-electron chi connectivity index (χ3n) is 3.28. The predicted octanol–water partition coefficient (Wildman–Crippen LogP) is 2.50. The smallest absolute Gasteiger partial charge is 0.269 e. The van der Waals surface area contributed by atoms with Crippen LogP contribution in [0.15, 0.2) is 54.6 Å². The number of nitro benzene ring substituents is 1. The molecule has 0 heterocycles. The molecule has 0 aliphatic carbocycles. The molecule has 0 unspecified atom stereocenters. The average Bonchev–Trinajstić information content (AvgIpc) is 2.61. The van der Waals surface area contributed by atoms with Crippen LogP contribution in [-0.4, -0.2) is 23.3 Å². The van der Waals surface area contributed by atoms with Crippen LogP contribution in [0.4, 0.5) is 11.4 Å². The summed E-state index contributed by atoms with van der Waals surface area (Å²) in [6, 6.07) is 12.6. The molecule has 0 atom stereocenters. The van der Waals surface area contributed by atoms with Gasteiger partial charge in [-0.05, 0) is 35.9 Å². The number of hydrogen-bond donors (Lipinski definition) is 2. The minimum Gasteiger partial charge on any atom is -0.491 e. The molecule has 0 spiro atoms. The molecular formula is C18H17N3O5. The Hall–Kier alpha value is -3.68. The van der Waals surface area contributed by atoms with Crippen LogP contribution in [-0.2, 0) is 9.59 Å². The molecule has 0 aliphatic heterocycles. The molecule has 0 aromatic heterocycles. The summed E-state index contributed by atoms with van der Waals surface area (Å²) >= 11 is 0. The highest BCUT2D eigenvalue weighted by atomic mass is 16.6. The van der Waals surface area contributed by atoms with Crippen LogP contribution in [0.1, 0.15) is 12.0 Å². The van der Waals surface area contributed by atoms with Gasteiger partial charge in [0.2, 0.25) is 11.8 Å². The van der Waals surface area contributed by atoms with Crippen LogP contribution in [0.3, 0.4) is 0 Å². The van der Waals surface area contributed by atoms with E-state index in [1.165, 1.54) is 24.3 Å². The van der Waals surface area contributed by atoms with Gasteiger partial charge >= 0.3 is 0 Å². The van der Waals surface area contributed by atoms with E-state index < -0.39 is 16.7 Å². The summed E-state index contributed by atoms with van der Waals surface area (Å²) in [7, 11) is 0. The number of ether oxygens (including phenoxy) is 1. The number of carbonyl (C=O) groups is 2. The van der Waals surface area contributed by atoms with Crippen molar-refractivity contribution in [3.8, 4) is 5.75 Å². The highest BCUT2D eigenvalue weighted by Gasteiger charge is 2.07. The number of carbonyl (C=O) groups excluding carboxylic acids is 2. The van der Waals surface area contributed by atoms with E-state index in [2.05, 4.69) is 5.32 Å². The van der Waals surface area contributed by atoms with Crippen molar-refractivity contribution in [2.75, 3.05) is 11.9 Å². The normalized spacial score (nSPS) is 10.5. The van der Waals surface area contributed by atoms with Crippen molar-refractivity contribution < 1.29 is 19.2 Å². The first-order valence-corrected chi connectivity index (χ1v) is 7.69. The van der Waals surface area contributed by atoms with Crippen LogP contribution in [0.2, 0.25) is 0 Å². The van der Waals surface area contributed by atoms with Gasteiger partial charge in [0.15, 0.2) is 0 Å². The fraction of sp³-hybridized carbons (Fsp3) is 0.111. The average molecular weight is 355 g/mol. The standard InChI is InChI=1S/C18H17N3O5/c19-17(22)11-12-26-16-4-2-1-3-15(16)20-18(23)10-7-13-5-8-14(9-6-13)21(24)25/h1-10H,11-12H2,(H2,19,22)(H,20,23)/b10-7+. The molecule has 0 bridgehead atoms. The summed E-state index contributed by atoms with van der Waals surface area (Å²) in [5.41, 5.74) is 6.14. The molecule has 0 aliphatic rings. The van der Waals surface area contributed by atoms with Crippen molar-refractivity contribution in [3.05, 3.63) is 70.3 Å². The van der Waals surface area contributed by atoms with Gasteiger partial charge in [-0.3, -0.25) is 19.7 Å². The van der Waals surface area contributed by atoms with Crippen LogP contribution in [0.5, 0.6) is 5.75 Å². The van der Waals surface area contributed by atoms with E-state index in [0.29, 0.717) is 17.0 Å². The van der Waals surface area contributed by atoms with Crippen LogP contribution in [0, 0.1) is 10.1 Å². The molecule has 2 aromatic carbocycles. The maximum atomic E-state index is 12.1. The second-order valence-electron chi connectivity index (χ2n) is 5.23. The van der Waals surface area contributed by atoms with Gasteiger partial charge in [-0.25, -0.2) is 0 Å². The number of nitrogens with one attached hydrogen (secondary N) is 1. The molecular weight excluding hydrogens is 338 g/mol. The Balaban J connectivity index is 1.98. The summed E-state index contributed by atoms with van der Waals surface area (Å²) in [6.45, 7) is 0.112. The van der Waals surface area contributed by atoms with Crippen molar-refractivity contribution in [1.82, 2.24) is 0 Å². The van der Waals surface area contributed by atoms with Crippen molar-refractivity contribution in [2.45, 2.75) is 6.42 Å². The monoisotopic (exact) mass is 355 g/mol. The number of benzene rings is 2. The maximum absolute atomic E-state index is 12.1. The van der Waals surface area contributed by atoms with E-state index in [1.54, 1.807) is 36.4 Å². The summed E-state index contributed by atoms with van der Waals surface area (Å²) < 4.78 is 5.44. The Morgan fingerprint density at radius 1 is 1.15 bits per heavy atom. The molecule has 3 N–H and O–H groups in total. The molecule has 0 radical (unpaired) electrons. The Labute approximate surface area is 149 Å². The first-order chi connectivity index (χ1) is 12.5. The first-order valence-electron chi connectivity index (χ1n) is 7.69. The third-order valence-corrected chi connectivity index (χ3v) is 3.28. The SMILES string of the molecule is NC(=O)CCOc1ccccc1NC(=O)/C=C/c1ccc([N+](=O)[O-])cc1. The van der Waals surface area contributed by atoms with Crippen molar-refractivity contribution in [2.24, 2.45) is 5.73 Å². The highest BCUT2D eigenvalue weighted by Crippen LogP contribution is 2.24. The number of amides is 2. The molecule has 0 saturated heterocycles. The van der Waals surface area contributed by atoms with Gasteiger partial charge < -0.3 is 15.8 Å². The Bertz CT molecular complexity index is 831. The minimum absolute atomic E-state index is 0.0198. The molecule has 2 rings (SSSR count). The lowest BCUT2D eigenvalue weighted by Gasteiger charge is -2.10. The summed E-state index contributed by atoms with van der Waals surface area (Å²) in [6.07, 6.45) is 2.92. The Morgan fingerprint density at radius 2 is 1.85 bits per heavy atom. The van der Waals surface area contributed by atoms with Gasteiger partial charge in [-0.1, -0.05) is 12.1 Å². The Morgan fingerprint density at radius 3 is 2.50 bits per heavy atom. The largest absolute Gasteiger partial charge is 0.491 e. The van der Waals surface area contributed by atoms with Gasteiger partial charge in [0.1, 0.15) is 5.75 Å². The van der Waals surface area contributed by atoms with Crippen LogP contribution in [0.25, 0.3) is 6.08 Å². The lowest BCUT2D eigenvalue weighted by molar-refractivity contribution is -0.384. The number of nitro groups is 1. The zero-order valence-electron chi connectivity index (χ0n) is 13.8. The fourth-order valence-corrected chi connectivity index (χ4v) is 2.01. The lowest BCUT2D eigenvalue weighted by atomic mass is 10.2. The molecule has 2 amide bonds. The first kappa shape index (κ1) is 18.7. The summed E-state index contributed by atoms with van der Waals surface area (Å²) in [5, 5.41) is 13.3. The molecule has 0 fully saturated rings. The van der Waals surface area contributed by atoms with Gasteiger partial charge in [0.25, 0.3) is 5.69 Å². The number of rotatable bonds is 8. The van der Waals surface area contributed by atoms with E-state index in [1.807, 2.05) is 0 Å². The van der Waals surface area contributed by atoms with Gasteiger partial charge in [-0.2, -0.15) is 0 Å². The second kappa shape index (κ2) is 8.97. The number of hydrogen-bond acceptors (Lipinski definition) is 5. The molecule has 2 aromatic rings.